The Bertz CT molecular complexity index is 397. The van der Waals surface area contributed by atoms with Crippen molar-refractivity contribution >= 4 is 0 Å². The van der Waals surface area contributed by atoms with E-state index >= 15 is 0 Å². The average molecular weight is 199 g/mol. The molecule has 0 fully saturated rings. The molecular formula is C13H11O2. The molecule has 0 saturated heterocycles. The zero-order valence-electron chi connectivity index (χ0n) is 8.13. The smallest absolute Gasteiger partial charge is 0.224 e. The fraction of sp³-hybridized carbons (Fsp3) is 0.0769. The van der Waals surface area contributed by atoms with Gasteiger partial charge in [0.05, 0.1) is 0 Å². The van der Waals surface area contributed by atoms with Gasteiger partial charge in [-0.05, 0) is 6.07 Å². The Morgan fingerprint density at radius 1 is 1.00 bits per heavy atom. The molecule has 1 atom stereocenters. The number of para-hydroxylation sites is 1. The van der Waals surface area contributed by atoms with E-state index in [0.717, 1.165) is 5.56 Å². The molecule has 1 N–H and O–H groups in total. The molecule has 0 bridgehead atoms. The lowest BCUT2D eigenvalue weighted by atomic mass is 10.2. The van der Waals surface area contributed by atoms with Crippen molar-refractivity contribution in [1.29, 1.82) is 0 Å². The van der Waals surface area contributed by atoms with E-state index in [1.807, 2.05) is 42.5 Å². The minimum atomic E-state index is -0.940. The zero-order chi connectivity index (χ0) is 10.5. The first-order chi connectivity index (χ1) is 7.36. The number of aliphatic hydroxyl groups excluding tert-OH is 1. The van der Waals surface area contributed by atoms with E-state index in [0.29, 0.717) is 5.75 Å². The number of aliphatic hydroxyl groups is 1. The minimum Gasteiger partial charge on any atom is -0.460 e. The van der Waals surface area contributed by atoms with Crippen LogP contribution in [-0.2, 0) is 0 Å². The lowest BCUT2D eigenvalue weighted by Gasteiger charge is -2.12. The topological polar surface area (TPSA) is 29.5 Å². The normalized spacial score (nSPS) is 12.1. The summed E-state index contributed by atoms with van der Waals surface area (Å²) in [5, 5.41) is 9.73. The Labute approximate surface area is 88.8 Å². The van der Waals surface area contributed by atoms with Crippen LogP contribution in [0.4, 0.5) is 0 Å². The summed E-state index contributed by atoms with van der Waals surface area (Å²) in [6.07, 6.45) is -0.940. The molecule has 0 aliphatic heterocycles. The van der Waals surface area contributed by atoms with Gasteiger partial charge in [-0.25, -0.2) is 0 Å². The molecule has 0 aliphatic rings. The number of rotatable bonds is 3. The first kappa shape index (κ1) is 9.74. The van der Waals surface area contributed by atoms with Crippen LogP contribution in [0.25, 0.3) is 0 Å². The van der Waals surface area contributed by atoms with Gasteiger partial charge in [-0.1, -0.05) is 48.5 Å². The highest BCUT2D eigenvalue weighted by Gasteiger charge is 2.07. The Balaban J connectivity index is 2.08. The van der Waals surface area contributed by atoms with Crippen LogP contribution in [0.1, 0.15) is 11.9 Å². The molecule has 0 heterocycles. The molecule has 0 aromatic heterocycles. The monoisotopic (exact) mass is 199 g/mol. The molecule has 0 saturated carbocycles. The maximum absolute atomic E-state index is 9.73. The second-order valence-corrected chi connectivity index (χ2v) is 3.11. The van der Waals surface area contributed by atoms with Gasteiger partial charge >= 0.3 is 0 Å². The van der Waals surface area contributed by atoms with Gasteiger partial charge in [0.1, 0.15) is 5.75 Å². The van der Waals surface area contributed by atoms with Crippen LogP contribution < -0.4 is 4.74 Å². The maximum atomic E-state index is 9.73. The van der Waals surface area contributed by atoms with Crippen LogP contribution in [0.5, 0.6) is 5.75 Å². The summed E-state index contributed by atoms with van der Waals surface area (Å²) in [5.74, 6) is 0.536. The largest absolute Gasteiger partial charge is 0.460 e. The number of hydrogen-bond donors (Lipinski definition) is 1. The Kier molecular flexibility index (Phi) is 3.00. The van der Waals surface area contributed by atoms with E-state index in [4.69, 9.17) is 4.74 Å². The van der Waals surface area contributed by atoms with Crippen molar-refractivity contribution in [2.45, 2.75) is 6.29 Å². The van der Waals surface area contributed by atoms with Crippen LogP contribution in [0, 0.1) is 6.07 Å². The number of benzene rings is 2. The van der Waals surface area contributed by atoms with Gasteiger partial charge in [0.25, 0.3) is 0 Å². The lowest BCUT2D eigenvalue weighted by molar-refractivity contribution is -0.0196. The third-order valence-electron chi connectivity index (χ3n) is 2.00. The highest BCUT2D eigenvalue weighted by Crippen LogP contribution is 2.18. The van der Waals surface area contributed by atoms with Crippen molar-refractivity contribution < 1.29 is 9.84 Å². The Morgan fingerprint density at radius 3 is 2.40 bits per heavy atom. The van der Waals surface area contributed by atoms with E-state index in [2.05, 4.69) is 6.07 Å². The average Bonchev–Trinajstić information content (AvgIpc) is 2.31. The third kappa shape index (κ3) is 2.58. The fourth-order valence-corrected chi connectivity index (χ4v) is 1.26. The van der Waals surface area contributed by atoms with Gasteiger partial charge in [0, 0.05) is 11.6 Å². The summed E-state index contributed by atoms with van der Waals surface area (Å²) in [7, 11) is 0. The Morgan fingerprint density at radius 2 is 1.73 bits per heavy atom. The molecule has 1 radical (unpaired) electrons. The van der Waals surface area contributed by atoms with Crippen molar-refractivity contribution in [3.05, 3.63) is 66.2 Å². The van der Waals surface area contributed by atoms with Gasteiger partial charge in [-0.2, -0.15) is 0 Å². The van der Waals surface area contributed by atoms with Crippen LogP contribution in [0.2, 0.25) is 0 Å². The molecule has 0 amide bonds. The van der Waals surface area contributed by atoms with Gasteiger partial charge in [0.15, 0.2) is 0 Å². The van der Waals surface area contributed by atoms with E-state index in [1.165, 1.54) is 0 Å². The van der Waals surface area contributed by atoms with Crippen molar-refractivity contribution in [1.82, 2.24) is 0 Å². The summed E-state index contributed by atoms with van der Waals surface area (Å²) in [5.41, 5.74) is 0.731. The number of hydrogen-bond acceptors (Lipinski definition) is 2. The van der Waals surface area contributed by atoms with Crippen LogP contribution >= 0.6 is 0 Å². The van der Waals surface area contributed by atoms with Crippen molar-refractivity contribution in [2.24, 2.45) is 0 Å². The van der Waals surface area contributed by atoms with Gasteiger partial charge < -0.3 is 9.84 Å². The highest BCUT2D eigenvalue weighted by atomic mass is 16.6. The first-order valence-corrected chi connectivity index (χ1v) is 4.72. The highest BCUT2D eigenvalue weighted by molar-refractivity contribution is 5.22. The van der Waals surface area contributed by atoms with Crippen molar-refractivity contribution in [3.63, 3.8) is 0 Å². The molecule has 1 unspecified atom stereocenters. The van der Waals surface area contributed by atoms with Crippen molar-refractivity contribution in [3.8, 4) is 5.75 Å². The molecule has 2 rings (SSSR count). The quantitative estimate of drug-likeness (QED) is 0.770. The predicted molar refractivity (Wildman–Crippen MR) is 57.3 cm³/mol. The molecule has 0 aliphatic carbocycles. The van der Waals surface area contributed by atoms with Gasteiger partial charge in [-0.15, -0.1) is 0 Å². The van der Waals surface area contributed by atoms with E-state index in [1.54, 1.807) is 12.1 Å². The molecular weight excluding hydrogens is 188 g/mol. The van der Waals surface area contributed by atoms with E-state index in [9.17, 15) is 5.11 Å². The molecule has 15 heavy (non-hydrogen) atoms. The Hall–Kier alpha value is -1.80. The third-order valence-corrected chi connectivity index (χ3v) is 2.00. The standard InChI is InChI=1S/C13H11O2/c14-13(11-7-3-1-4-8-11)15-12-9-5-2-6-10-12/h1-9,13-14H. The molecule has 0 spiro atoms. The van der Waals surface area contributed by atoms with E-state index in [-0.39, 0.29) is 0 Å². The molecule has 2 aromatic rings. The first-order valence-electron chi connectivity index (χ1n) is 4.72. The fourth-order valence-electron chi connectivity index (χ4n) is 1.26. The number of ether oxygens (including phenoxy) is 1. The summed E-state index contributed by atoms with van der Waals surface area (Å²) < 4.78 is 5.30. The molecule has 2 aromatic carbocycles. The summed E-state index contributed by atoms with van der Waals surface area (Å²) in [6.45, 7) is 0. The zero-order valence-corrected chi connectivity index (χ0v) is 8.13. The van der Waals surface area contributed by atoms with Gasteiger partial charge in [-0.3, -0.25) is 0 Å². The SMILES string of the molecule is OC(Oc1[c]cccc1)c1ccccc1. The van der Waals surface area contributed by atoms with Gasteiger partial charge in [0.2, 0.25) is 6.29 Å². The van der Waals surface area contributed by atoms with Crippen LogP contribution in [0.15, 0.2) is 54.6 Å². The molecule has 2 heteroatoms. The van der Waals surface area contributed by atoms with Crippen LogP contribution in [-0.4, -0.2) is 5.11 Å². The second kappa shape index (κ2) is 4.62. The van der Waals surface area contributed by atoms with Crippen LogP contribution in [0.3, 0.4) is 0 Å². The minimum absolute atomic E-state index is 0.536. The summed E-state index contributed by atoms with van der Waals surface area (Å²) >= 11 is 0. The summed E-state index contributed by atoms with van der Waals surface area (Å²) in [6, 6.07) is 19.3. The second-order valence-electron chi connectivity index (χ2n) is 3.11. The predicted octanol–water partition coefficient (Wildman–Crippen LogP) is 2.56. The maximum Gasteiger partial charge on any atom is 0.224 e. The molecule has 2 nitrogen and oxygen atoms in total. The molecule has 75 valence electrons. The van der Waals surface area contributed by atoms with E-state index < -0.39 is 6.29 Å². The van der Waals surface area contributed by atoms with Crippen molar-refractivity contribution in [2.75, 3.05) is 0 Å². The lowest BCUT2D eigenvalue weighted by Crippen LogP contribution is -2.05. The summed E-state index contributed by atoms with van der Waals surface area (Å²) in [4.78, 5) is 0.